The summed E-state index contributed by atoms with van der Waals surface area (Å²) in [6, 6.07) is 19.9. The molecule has 0 saturated heterocycles. The van der Waals surface area contributed by atoms with Crippen molar-refractivity contribution >= 4 is 22.9 Å². The minimum absolute atomic E-state index is 0.0314. The summed E-state index contributed by atoms with van der Waals surface area (Å²) in [5.74, 6) is -0.0314. The molecule has 0 unspecified atom stereocenters. The molecular weight excluding hydrogens is 304 g/mol. The molecule has 0 aliphatic rings. The van der Waals surface area contributed by atoms with Crippen LogP contribution in [0.15, 0.2) is 66.0 Å². The van der Waals surface area contributed by atoms with E-state index >= 15 is 0 Å². The average molecular weight is 322 g/mol. The fourth-order valence-corrected chi connectivity index (χ4v) is 3.13. The highest BCUT2D eigenvalue weighted by atomic mass is 32.1. The van der Waals surface area contributed by atoms with Crippen LogP contribution < -0.4 is 5.32 Å². The van der Waals surface area contributed by atoms with Crippen molar-refractivity contribution in [3.63, 3.8) is 0 Å². The Balaban J connectivity index is 1.52. The van der Waals surface area contributed by atoms with E-state index in [-0.39, 0.29) is 5.91 Å². The summed E-state index contributed by atoms with van der Waals surface area (Å²) >= 11 is 1.63. The molecule has 0 aliphatic carbocycles. The summed E-state index contributed by atoms with van der Waals surface area (Å²) in [6.45, 7) is 0. The maximum atomic E-state index is 12.0. The molecule has 0 saturated carbocycles. The van der Waals surface area contributed by atoms with Gasteiger partial charge in [0.1, 0.15) is 0 Å². The fraction of sp³-hybridized carbons (Fsp3) is 0.158. The molecule has 0 radical (unpaired) electrons. The number of nitrogens with zero attached hydrogens (tertiary/aromatic N) is 1. The Kier molecular flexibility index (Phi) is 5.17. The predicted octanol–water partition coefficient (Wildman–Crippen LogP) is 4.11. The molecule has 0 aliphatic heterocycles. The third-order valence-electron chi connectivity index (χ3n) is 3.47. The van der Waals surface area contributed by atoms with Crippen LogP contribution in [0.3, 0.4) is 0 Å². The fourth-order valence-electron chi connectivity index (χ4n) is 2.33. The highest BCUT2D eigenvalue weighted by Gasteiger charge is 2.08. The molecule has 0 fully saturated rings. The lowest BCUT2D eigenvalue weighted by atomic mass is 10.1. The molecule has 2 aromatic carbocycles. The summed E-state index contributed by atoms with van der Waals surface area (Å²) in [7, 11) is 0. The van der Waals surface area contributed by atoms with Gasteiger partial charge in [-0.3, -0.25) is 4.79 Å². The van der Waals surface area contributed by atoms with Crippen molar-refractivity contribution in [2.45, 2.75) is 19.3 Å². The minimum Gasteiger partial charge on any atom is -0.326 e. The van der Waals surface area contributed by atoms with Gasteiger partial charge in [-0.25, -0.2) is 4.98 Å². The van der Waals surface area contributed by atoms with Gasteiger partial charge in [0.15, 0.2) is 0 Å². The normalized spacial score (nSPS) is 10.4. The molecule has 3 nitrogen and oxygen atoms in total. The molecule has 1 heterocycles. The molecule has 4 heteroatoms. The molecule has 1 amide bonds. The van der Waals surface area contributed by atoms with E-state index in [9.17, 15) is 4.79 Å². The zero-order valence-corrected chi connectivity index (χ0v) is 13.6. The van der Waals surface area contributed by atoms with E-state index in [4.69, 9.17) is 0 Å². The van der Waals surface area contributed by atoms with Crippen LogP contribution in [0.1, 0.15) is 16.3 Å². The molecule has 0 bridgehead atoms. The maximum absolute atomic E-state index is 12.0. The van der Waals surface area contributed by atoms with Gasteiger partial charge >= 0.3 is 0 Å². The third-order valence-corrected chi connectivity index (χ3v) is 4.43. The van der Waals surface area contributed by atoms with E-state index < -0.39 is 0 Å². The smallest absolute Gasteiger partial charge is 0.230 e. The predicted molar refractivity (Wildman–Crippen MR) is 94.7 cm³/mol. The Hall–Kier alpha value is -2.46. The van der Waals surface area contributed by atoms with Gasteiger partial charge in [-0.05, 0) is 24.1 Å². The van der Waals surface area contributed by atoms with Gasteiger partial charge in [-0.15, -0.1) is 11.3 Å². The summed E-state index contributed by atoms with van der Waals surface area (Å²) in [4.78, 5) is 16.6. The molecular formula is C19H18N2OS. The topological polar surface area (TPSA) is 42.0 Å². The van der Waals surface area contributed by atoms with E-state index in [0.717, 1.165) is 29.2 Å². The number of aromatic nitrogens is 1. The number of carbonyl (C=O) groups is 1. The van der Waals surface area contributed by atoms with Crippen molar-refractivity contribution in [2.24, 2.45) is 0 Å². The van der Waals surface area contributed by atoms with Crippen molar-refractivity contribution in [3.05, 3.63) is 82.3 Å². The Labute approximate surface area is 140 Å². The quantitative estimate of drug-likeness (QED) is 0.742. The second kappa shape index (κ2) is 7.70. The molecule has 0 spiro atoms. The highest BCUT2D eigenvalue weighted by molar-refractivity contribution is 7.09. The van der Waals surface area contributed by atoms with Crippen LogP contribution in [0.5, 0.6) is 0 Å². The number of rotatable bonds is 6. The van der Waals surface area contributed by atoms with E-state index in [0.29, 0.717) is 6.42 Å². The number of anilines is 1. The second-order valence-corrected chi connectivity index (χ2v) is 6.25. The number of nitrogens with one attached hydrogen (secondary N) is 1. The first-order valence-electron chi connectivity index (χ1n) is 7.62. The molecule has 3 aromatic rings. The van der Waals surface area contributed by atoms with Crippen LogP contribution >= 0.6 is 11.3 Å². The number of amides is 1. The van der Waals surface area contributed by atoms with Crippen LogP contribution in [0.25, 0.3) is 0 Å². The second-order valence-electron chi connectivity index (χ2n) is 5.31. The summed E-state index contributed by atoms with van der Waals surface area (Å²) in [6.07, 6.45) is 2.20. The van der Waals surface area contributed by atoms with Gasteiger partial charge in [0.2, 0.25) is 5.91 Å². The van der Waals surface area contributed by atoms with Crippen molar-refractivity contribution in [3.8, 4) is 0 Å². The zero-order valence-electron chi connectivity index (χ0n) is 12.7. The minimum atomic E-state index is -0.0314. The number of thiazole rings is 1. The van der Waals surface area contributed by atoms with Gasteiger partial charge in [-0.1, -0.05) is 48.5 Å². The van der Waals surface area contributed by atoms with Crippen molar-refractivity contribution in [1.82, 2.24) is 4.98 Å². The van der Waals surface area contributed by atoms with Crippen LogP contribution in [0.4, 0.5) is 5.69 Å². The average Bonchev–Trinajstić information content (AvgIpc) is 3.02. The van der Waals surface area contributed by atoms with Crippen LogP contribution in [-0.4, -0.2) is 10.9 Å². The Morgan fingerprint density at radius 2 is 1.65 bits per heavy atom. The first-order valence-corrected chi connectivity index (χ1v) is 8.50. The van der Waals surface area contributed by atoms with Crippen LogP contribution in [0, 0.1) is 0 Å². The van der Waals surface area contributed by atoms with Gasteiger partial charge in [0, 0.05) is 17.5 Å². The monoisotopic (exact) mass is 322 g/mol. The molecule has 1 aromatic heterocycles. The summed E-state index contributed by atoms with van der Waals surface area (Å²) in [5, 5.41) is 5.94. The van der Waals surface area contributed by atoms with Gasteiger partial charge in [0.05, 0.1) is 17.1 Å². The number of para-hydroxylation sites is 1. The Bertz CT molecular complexity index is 753. The first kappa shape index (κ1) is 15.4. The van der Waals surface area contributed by atoms with Gasteiger partial charge in [-0.2, -0.15) is 0 Å². The molecule has 1 N–H and O–H groups in total. The first-order chi connectivity index (χ1) is 11.3. The number of hydrogen-bond acceptors (Lipinski definition) is 3. The maximum Gasteiger partial charge on any atom is 0.230 e. The van der Waals surface area contributed by atoms with E-state index in [1.807, 2.05) is 41.8 Å². The number of aryl methyl sites for hydroxylation is 2. The van der Waals surface area contributed by atoms with Crippen molar-refractivity contribution in [1.29, 1.82) is 0 Å². The van der Waals surface area contributed by atoms with Crippen LogP contribution in [0.2, 0.25) is 0 Å². The standard InChI is InChI=1S/C19H18N2OS/c22-18(20-16-9-5-2-6-10-16)13-17-14-23-19(21-17)12-11-15-7-3-1-4-8-15/h1-10,14H,11-13H2,(H,20,22). The summed E-state index contributed by atoms with van der Waals surface area (Å²) < 4.78 is 0. The lowest BCUT2D eigenvalue weighted by molar-refractivity contribution is -0.115. The zero-order chi connectivity index (χ0) is 15.9. The highest BCUT2D eigenvalue weighted by Crippen LogP contribution is 2.14. The summed E-state index contributed by atoms with van der Waals surface area (Å²) in [5.41, 5.74) is 2.97. The SMILES string of the molecule is O=C(Cc1csc(CCc2ccccc2)n1)Nc1ccccc1. The van der Waals surface area contributed by atoms with Gasteiger partial charge < -0.3 is 5.32 Å². The lowest BCUT2D eigenvalue weighted by Crippen LogP contribution is -2.14. The number of hydrogen-bond donors (Lipinski definition) is 1. The molecule has 3 rings (SSSR count). The number of carbonyl (C=O) groups excluding carboxylic acids is 1. The lowest BCUT2D eigenvalue weighted by Gasteiger charge is -2.03. The molecule has 0 atom stereocenters. The Morgan fingerprint density at radius 1 is 0.957 bits per heavy atom. The van der Waals surface area contributed by atoms with Gasteiger partial charge in [0.25, 0.3) is 0 Å². The van der Waals surface area contributed by atoms with E-state index in [1.54, 1.807) is 11.3 Å². The van der Waals surface area contributed by atoms with E-state index in [2.05, 4.69) is 34.6 Å². The Morgan fingerprint density at radius 3 is 2.39 bits per heavy atom. The largest absolute Gasteiger partial charge is 0.326 e. The number of benzene rings is 2. The van der Waals surface area contributed by atoms with Crippen molar-refractivity contribution < 1.29 is 4.79 Å². The molecule has 23 heavy (non-hydrogen) atoms. The third kappa shape index (κ3) is 4.76. The van der Waals surface area contributed by atoms with Crippen LogP contribution in [-0.2, 0) is 24.1 Å². The molecule has 116 valence electrons. The van der Waals surface area contributed by atoms with Crippen molar-refractivity contribution in [2.75, 3.05) is 5.32 Å². The van der Waals surface area contributed by atoms with E-state index in [1.165, 1.54) is 5.56 Å².